The lowest BCUT2D eigenvalue weighted by atomic mass is 10.0. The van der Waals surface area contributed by atoms with E-state index in [1.54, 1.807) is 17.7 Å². The average Bonchev–Trinajstić information content (AvgIpc) is 3.53. The highest BCUT2D eigenvalue weighted by Crippen LogP contribution is 2.33. The van der Waals surface area contributed by atoms with Gasteiger partial charge in [0.05, 0.1) is 5.39 Å². The molecule has 0 atom stereocenters. The Labute approximate surface area is 224 Å². The Morgan fingerprint density at radius 3 is 2.49 bits per heavy atom. The second-order valence-corrected chi connectivity index (χ2v) is 10.6. The maximum atomic E-state index is 14.1. The molecule has 8 heteroatoms. The van der Waals surface area contributed by atoms with Crippen molar-refractivity contribution in [1.29, 1.82) is 0 Å². The molecule has 0 bridgehead atoms. The standard InChI is InChI=1S/C29H26ClN5OS/c1-20-17-35(18-21-5-3-2-4-6-21)26(25(20)22-7-9-23(30)10-8-22)29(36)34-14-12-33(13-15-34)27-24-11-16-37-28(24)32-19-31-27/h2-11,16-17,19H,12-15,18H2,1H3. The quantitative estimate of drug-likeness (QED) is 0.276. The van der Waals surface area contributed by atoms with E-state index in [0.29, 0.717) is 24.7 Å². The predicted octanol–water partition coefficient (Wildman–Crippen LogP) is 6.13. The summed E-state index contributed by atoms with van der Waals surface area (Å²) in [7, 11) is 0. The Bertz CT molecular complexity index is 1550. The number of fused-ring (bicyclic) bond motifs is 1. The van der Waals surface area contributed by atoms with Gasteiger partial charge in [-0.25, -0.2) is 9.97 Å². The molecule has 2 aromatic carbocycles. The first-order valence-corrected chi connectivity index (χ1v) is 13.6. The van der Waals surface area contributed by atoms with Gasteiger partial charge in [-0.3, -0.25) is 4.79 Å². The zero-order valence-corrected chi connectivity index (χ0v) is 22.0. The van der Waals surface area contributed by atoms with Crippen molar-refractivity contribution in [3.8, 4) is 11.1 Å². The largest absolute Gasteiger partial charge is 0.352 e. The third kappa shape index (κ3) is 4.61. The number of piperazine rings is 1. The number of aryl methyl sites for hydroxylation is 1. The van der Waals surface area contributed by atoms with E-state index in [2.05, 4.69) is 50.8 Å². The fourth-order valence-electron chi connectivity index (χ4n) is 5.11. The number of aromatic nitrogens is 3. The first-order valence-electron chi connectivity index (χ1n) is 12.3. The summed E-state index contributed by atoms with van der Waals surface area (Å²) < 4.78 is 2.10. The third-order valence-electron chi connectivity index (χ3n) is 6.91. The lowest BCUT2D eigenvalue weighted by Gasteiger charge is -2.36. The molecule has 1 aliphatic heterocycles. The highest BCUT2D eigenvalue weighted by molar-refractivity contribution is 7.16. The lowest BCUT2D eigenvalue weighted by molar-refractivity contribution is 0.0737. The Hall–Kier alpha value is -3.68. The molecule has 1 saturated heterocycles. The summed E-state index contributed by atoms with van der Waals surface area (Å²) in [4.78, 5) is 28.3. The topological polar surface area (TPSA) is 54.3 Å². The summed E-state index contributed by atoms with van der Waals surface area (Å²) in [5, 5.41) is 3.80. The summed E-state index contributed by atoms with van der Waals surface area (Å²) >= 11 is 7.80. The molecule has 5 aromatic rings. The number of thiophene rings is 1. The Kier molecular flexibility index (Phi) is 6.40. The highest BCUT2D eigenvalue weighted by Gasteiger charge is 2.29. The van der Waals surface area contributed by atoms with Crippen LogP contribution in [0.1, 0.15) is 21.6 Å². The van der Waals surface area contributed by atoms with Gasteiger partial charge < -0.3 is 14.4 Å². The van der Waals surface area contributed by atoms with Crippen molar-refractivity contribution in [2.45, 2.75) is 13.5 Å². The van der Waals surface area contributed by atoms with Crippen LogP contribution in [-0.4, -0.2) is 51.5 Å². The van der Waals surface area contributed by atoms with E-state index in [1.165, 1.54) is 0 Å². The van der Waals surface area contributed by atoms with Crippen molar-refractivity contribution < 1.29 is 4.79 Å². The number of anilines is 1. The van der Waals surface area contributed by atoms with Gasteiger partial charge in [-0.1, -0.05) is 54.1 Å². The molecule has 0 saturated carbocycles. The molecule has 186 valence electrons. The molecule has 1 amide bonds. The van der Waals surface area contributed by atoms with E-state index in [1.807, 2.05) is 52.7 Å². The normalized spacial score (nSPS) is 13.9. The number of benzene rings is 2. The van der Waals surface area contributed by atoms with Crippen LogP contribution in [0.4, 0.5) is 5.82 Å². The Morgan fingerprint density at radius 2 is 1.73 bits per heavy atom. The van der Waals surface area contributed by atoms with Crippen molar-refractivity contribution in [3.05, 3.63) is 100 Å². The van der Waals surface area contributed by atoms with Crippen LogP contribution < -0.4 is 4.90 Å². The number of carbonyl (C=O) groups excluding carboxylic acids is 1. The number of halogens is 1. The van der Waals surface area contributed by atoms with Crippen LogP contribution in [0.15, 0.2) is 78.6 Å². The molecule has 0 N–H and O–H groups in total. The summed E-state index contributed by atoms with van der Waals surface area (Å²) in [6.45, 7) is 5.41. The number of carbonyl (C=O) groups is 1. The van der Waals surface area contributed by atoms with Crippen molar-refractivity contribution in [2.24, 2.45) is 0 Å². The first kappa shape index (κ1) is 23.7. The number of nitrogens with zero attached hydrogens (tertiary/aromatic N) is 5. The fourth-order valence-corrected chi connectivity index (χ4v) is 5.96. The monoisotopic (exact) mass is 527 g/mol. The van der Waals surface area contributed by atoms with Crippen LogP contribution in [0.25, 0.3) is 21.3 Å². The van der Waals surface area contributed by atoms with E-state index >= 15 is 0 Å². The van der Waals surface area contributed by atoms with E-state index in [0.717, 1.165) is 57.1 Å². The minimum Gasteiger partial charge on any atom is -0.352 e. The van der Waals surface area contributed by atoms with Crippen molar-refractivity contribution in [3.63, 3.8) is 0 Å². The Morgan fingerprint density at radius 1 is 0.973 bits per heavy atom. The number of amides is 1. The van der Waals surface area contributed by atoms with Gasteiger partial charge in [-0.05, 0) is 47.2 Å². The minimum absolute atomic E-state index is 0.0528. The molecule has 0 aliphatic carbocycles. The van der Waals surface area contributed by atoms with Crippen molar-refractivity contribution >= 4 is 44.9 Å². The fraction of sp³-hybridized carbons (Fsp3) is 0.207. The highest BCUT2D eigenvalue weighted by atomic mass is 35.5. The van der Waals surface area contributed by atoms with Crippen LogP contribution in [0, 0.1) is 6.92 Å². The molecule has 1 fully saturated rings. The first-order chi connectivity index (χ1) is 18.1. The second kappa shape index (κ2) is 10.00. The average molecular weight is 528 g/mol. The smallest absolute Gasteiger partial charge is 0.271 e. The van der Waals surface area contributed by atoms with Gasteiger partial charge in [-0.15, -0.1) is 11.3 Å². The number of hydrogen-bond acceptors (Lipinski definition) is 5. The summed E-state index contributed by atoms with van der Waals surface area (Å²) in [6.07, 6.45) is 3.72. The number of hydrogen-bond donors (Lipinski definition) is 0. The molecule has 37 heavy (non-hydrogen) atoms. The SMILES string of the molecule is Cc1cn(Cc2ccccc2)c(C(=O)N2CCN(c3ncnc4sccc34)CC2)c1-c1ccc(Cl)cc1. The molecule has 3 aromatic heterocycles. The zero-order valence-electron chi connectivity index (χ0n) is 20.5. The molecule has 4 heterocycles. The van der Waals surface area contributed by atoms with Gasteiger partial charge in [-0.2, -0.15) is 0 Å². The van der Waals surface area contributed by atoms with Gasteiger partial charge in [0, 0.05) is 49.5 Å². The van der Waals surface area contributed by atoms with Crippen LogP contribution in [-0.2, 0) is 6.54 Å². The maximum absolute atomic E-state index is 14.1. The minimum atomic E-state index is 0.0528. The molecular formula is C29H26ClN5OS. The maximum Gasteiger partial charge on any atom is 0.271 e. The number of rotatable bonds is 5. The van der Waals surface area contributed by atoms with Crippen LogP contribution in [0.3, 0.4) is 0 Å². The van der Waals surface area contributed by atoms with E-state index in [4.69, 9.17) is 11.6 Å². The molecule has 0 spiro atoms. The van der Waals surface area contributed by atoms with Crippen LogP contribution in [0.5, 0.6) is 0 Å². The van der Waals surface area contributed by atoms with E-state index in [-0.39, 0.29) is 5.91 Å². The second-order valence-electron chi connectivity index (χ2n) is 9.27. The zero-order chi connectivity index (χ0) is 25.4. The molecule has 1 aliphatic rings. The summed E-state index contributed by atoms with van der Waals surface area (Å²) in [5.74, 6) is 1.00. The summed E-state index contributed by atoms with van der Waals surface area (Å²) in [6, 6.07) is 20.1. The van der Waals surface area contributed by atoms with Crippen molar-refractivity contribution in [1.82, 2.24) is 19.4 Å². The van der Waals surface area contributed by atoms with Gasteiger partial charge in [0.15, 0.2) is 0 Å². The van der Waals surface area contributed by atoms with E-state index in [9.17, 15) is 4.79 Å². The molecule has 6 nitrogen and oxygen atoms in total. The molecule has 0 unspecified atom stereocenters. The third-order valence-corrected chi connectivity index (χ3v) is 7.98. The predicted molar refractivity (Wildman–Crippen MR) is 151 cm³/mol. The van der Waals surface area contributed by atoms with Gasteiger partial charge in [0.1, 0.15) is 22.7 Å². The molecule has 0 radical (unpaired) electrons. The van der Waals surface area contributed by atoms with E-state index < -0.39 is 0 Å². The van der Waals surface area contributed by atoms with Gasteiger partial charge in [0.25, 0.3) is 5.91 Å². The summed E-state index contributed by atoms with van der Waals surface area (Å²) in [5.41, 5.74) is 4.91. The van der Waals surface area contributed by atoms with Gasteiger partial charge >= 0.3 is 0 Å². The van der Waals surface area contributed by atoms with Crippen molar-refractivity contribution in [2.75, 3.05) is 31.1 Å². The lowest BCUT2D eigenvalue weighted by Crippen LogP contribution is -2.49. The van der Waals surface area contributed by atoms with Crippen LogP contribution in [0.2, 0.25) is 5.02 Å². The van der Waals surface area contributed by atoms with Gasteiger partial charge in [0.2, 0.25) is 0 Å². The molecular weight excluding hydrogens is 502 g/mol. The van der Waals surface area contributed by atoms with Crippen LogP contribution >= 0.6 is 22.9 Å². The Balaban J connectivity index is 1.31. The molecule has 6 rings (SSSR count).